The lowest BCUT2D eigenvalue weighted by Gasteiger charge is -2.01. The zero-order valence-electron chi connectivity index (χ0n) is 8.86. The fraction of sp³-hybridized carbons (Fsp3) is 0. The molecule has 1 aromatic carbocycles. The highest BCUT2D eigenvalue weighted by Gasteiger charge is 2.08. The standard InChI is InChI=1S/C11H6ClN3O2S/c12-6-3-5(7-1-2-9(16)15-14-7)4-8-10(6)13-11(17)18-8/h1-4H,(H,13,17)(H,15,16). The van der Waals surface area contributed by atoms with Crippen molar-refractivity contribution in [1.29, 1.82) is 0 Å². The molecule has 0 bridgehead atoms. The number of hydrogen-bond acceptors (Lipinski definition) is 4. The number of halogens is 1. The van der Waals surface area contributed by atoms with E-state index in [0.29, 0.717) is 16.2 Å². The Morgan fingerprint density at radius 1 is 1.22 bits per heavy atom. The number of nitrogens with zero attached hydrogens (tertiary/aromatic N) is 1. The van der Waals surface area contributed by atoms with E-state index in [1.54, 1.807) is 12.1 Å². The largest absolute Gasteiger partial charge is 0.311 e. The lowest BCUT2D eigenvalue weighted by Crippen LogP contribution is -2.05. The highest BCUT2D eigenvalue weighted by molar-refractivity contribution is 7.16. The van der Waals surface area contributed by atoms with Gasteiger partial charge in [0, 0.05) is 11.6 Å². The zero-order chi connectivity index (χ0) is 12.7. The molecule has 0 aliphatic heterocycles. The summed E-state index contributed by atoms with van der Waals surface area (Å²) < 4.78 is 0.760. The van der Waals surface area contributed by atoms with Crippen LogP contribution in [0.5, 0.6) is 0 Å². The lowest BCUT2D eigenvalue weighted by atomic mass is 10.1. The van der Waals surface area contributed by atoms with Gasteiger partial charge in [0.15, 0.2) is 0 Å². The second-order valence-electron chi connectivity index (χ2n) is 3.65. The maximum Gasteiger partial charge on any atom is 0.305 e. The molecule has 0 unspecified atom stereocenters. The number of H-pyrrole nitrogens is 2. The van der Waals surface area contributed by atoms with Crippen LogP contribution in [0.4, 0.5) is 0 Å². The minimum atomic E-state index is -0.266. The van der Waals surface area contributed by atoms with Crippen molar-refractivity contribution in [3.63, 3.8) is 0 Å². The predicted octanol–water partition coefficient (Wildman–Crippen LogP) is 1.99. The summed E-state index contributed by atoms with van der Waals surface area (Å²) in [5.41, 5.74) is 1.70. The Balaban J connectivity index is 2.26. The number of rotatable bonds is 1. The van der Waals surface area contributed by atoms with Gasteiger partial charge in [-0.3, -0.25) is 9.59 Å². The molecule has 0 saturated heterocycles. The maximum absolute atomic E-state index is 11.3. The molecule has 7 heteroatoms. The van der Waals surface area contributed by atoms with Gasteiger partial charge in [-0.05, 0) is 18.2 Å². The van der Waals surface area contributed by atoms with Crippen molar-refractivity contribution in [1.82, 2.24) is 15.2 Å². The summed E-state index contributed by atoms with van der Waals surface area (Å²) in [6, 6.07) is 6.50. The van der Waals surface area contributed by atoms with Crippen molar-refractivity contribution in [2.45, 2.75) is 0 Å². The first-order valence-corrected chi connectivity index (χ1v) is 6.21. The van der Waals surface area contributed by atoms with Gasteiger partial charge in [0.2, 0.25) is 0 Å². The van der Waals surface area contributed by atoms with E-state index < -0.39 is 0 Å². The average molecular weight is 280 g/mol. The second kappa shape index (κ2) is 4.08. The molecular weight excluding hydrogens is 274 g/mol. The summed E-state index contributed by atoms with van der Waals surface area (Å²) in [5, 5.41) is 6.73. The quantitative estimate of drug-likeness (QED) is 0.715. The molecule has 0 spiro atoms. The lowest BCUT2D eigenvalue weighted by molar-refractivity contribution is 0.996. The molecule has 2 heterocycles. The van der Waals surface area contributed by atoms with Gasteiger partial charge in [0.1, 0.15) is 0 Å². The minimum Gasteiger partial charge on any atom is -0.311 e. The molecule has 0 radical (unpaired) electrons. The summed E-state index contributed by atoms with van der Waals surface area (Å²) in [7, 11) is 0. The van der Waals surface area contributed by atoms with Crippen LogP contribution in [0.2, 0.25) is 5.02 Å². The highest BCUT2D eigenvalue weighted by atomic mass is 35.5. The van der Waals surface area contributed by atoms with Gasteiger partial charge in [-0.25, -0.2) is 5.10 Å². The minimum absolute atomic E-state index is 0.154. The number of nitrogens with one attached hydrogen (secondary N) is 2. The maximum atomic E-state index is 11.3. The fourth-order valence-electron chi connectivity index (χ4n) is 1.66. The monoisotopic (exact) mass is 279 g/mol. The summed E-state index contributed by atoms with van der Waals surface area (Å²) in [4.78, 5) is 24.7. The Kier molecular flexibility index (Phi) is 2.53. The van der Waals surface area contributed by atoms with Gasteiger partial charge in [-0.2, -0.15) is 5.10 Å². The number of thiazole rings is 1. The molecule has 2 aromatic heterocycles. The van der Waals surface area contributed by atoms with Gasteiger partial charge < -0.3 is 4.98 Å². The third-order valence-corrected chi connectivity index (χ3v) is 3.59. The van der Waals surface area contributed by atoms with Gasteiger partial charge in [-0.1, -0.05) is 22.9 Å². The number of benzene rings is 1. The molecule has 0 atom stereocenters. The number of fused-ring (bicyclic) bond motifs is 1. The van der Waals surface area contributed by atoms with E-state index in [-0.39, 0.29) is 10.4 Å². The summed E-state index contributed by atoms with van der Waals surface area (Å²) in [6.07, 6.45) is 0. The van der Waals surface area contributed by atoms with E-state index in [9.17, 15) is 9.59 Å². The van der Waals surface area contributed by atoms with Crippen molar-refractivity contribution in [2.75, 3.05) is 0 Å². The van der Waals surface area contributed by atoms with Crippen LogP contribution in [0.3, 0.4) is 0 Å². The molecule has 0 aliphatic rings. The molecule has 0 saturated carbocycles. The molecule has 3 aromatic rings. The average Bonchev–Trinajstić information content (AvgIpc) is 2.71. The summed E-state index contributed by atoms with van der Waals surface area (Å²) in [6.45, 7) is 0. The van der Waals surface area contributed by atoms with Crippen LogP contribution in [-0.2, 0) is 0 Å². The highest BCUT2D eigenvalue weighted by Crippen LogP contribution is 2.29. The molecule has 90 valence electrons. The topological polar surface area (TPSA) is 78.6 Å². The zero-order valence-corrected chi connectivity index (χ0v) is 10.4. The van der Waals surface area contributed by atoms with E-state index in [1.165, 1.54) is 6.07 Å². The van der Waals surface area contributed by atoms with E-state index in [4.69, 9.17) is 11.6 Å². The molecule has 3 rings (SSSR count). The van der Waals surface area contributed by atoms with Gasteiger partial charge in [-0.15, -0.1) is 0 Å². The number of hydrogen-bond donors (Lipinski definition) is 2. The Morgan fingerprint density at radius 2 is 2.06 bits per heavy atom. The first-order chi connectivity index (χ1) is 8.63. The molecule has 18 heavy (non-hydrogen) atoms. The molecule has 0 fully saturated rings. The predicted molar refractivity (Wildman–Crippen MR) is 71.3 cm³/mol. The van der Waals surface area contributed by atoms with Crippen molar-refractivity contribution in [3.05, 3.63) is 49.3 Å². The Bertz CT molecular complexity index is 829. The Labute approximate surface area is 109 Å². The van der Waals surface area contributed by atoms with Gasteiger partial charge in [0.05, 0.1) is 20.9 Å². The van der Waals surface area contributed by atoms with Crippen LogP contribution in [0.25, 0.3) is 21.5 Å². The first kappa shape index (κ1) is 11.2. The number of aromatic amines is 2. The molecule has 5 nitrogen and oxygen atoms in total. The van der Waals surface area contributed by atoms with Crippen LogP contribution < -0.4 is 10.4 Å². The van der Waals surface area contributed by atoms with Crippen molar-refractivity contribution < 1.29 is 0 Å². The second-order valence-corrected chi connectivity index (χ2v) is 5.07. The van der Waals surface area contributed by atoms with E-state index in [2.05, 4.69) is 15.2 Å². The molecule has 2 N–H and O–H groups in total. The fourth-order valence-corrected chi connectivity index (χ4v) is 2.79. The number of aromatic nitrogens is 3. The van der Waals surface area contributed by atoms with Crippen LogP contribution in [0.1, 0.15) is 0 Å². The van der Waals surface area contributed by atoms with Crippen molar-refractivity contribution >= 4 is 33.2 Å². The third kappa shape index (κ3) is 1.85. The molecule has 0 aliphatic carbocycles. The van der Waals surface area contributed by atoms with Crippen LogP contribution in [0, 0.1) is 0 Å². The van der Waals surface area contributed by atoms with Crippen molar-refractivity contribution in [3.8, 4) is 11.3 Å². The van der Waals surface area contributed by atoms with E-state index in [0.717, 1.165) is 21.6 Å². The van der Waals surface area contributed by atoms with Crippen LogP contribution in [0.15, 0.2) is 33.9 Å². The van der Waals surface area contributed by atoms with Crippen LogP contribution >= 0.6 is 22.9 Å². The Morgan fingerprint density at radius 3 is 2.78 bits per heavy atom. The van der Waals surface area contributed by atoms with Gasteiger partial charge in [0.25, 0.3) is 5.56 Å². The SMILES string of the molecule is O=c1ccc(-c2cc(Cl)c3[nH]c(=O)sc3c2)n[nH]1. The summed E-state index contributed by atoms with van der Waals surface area (Å²) >= 11 is 7.18. The molecular formula is C11H6ClN3O2S. The summed E-state index contributed by atoms with van der Waals surface area (Å²) in [5.74, 6) is 0. The normalized spacial score (nSPS) is 10.9. The van der Waals surface area contributed by atoms with E-state index >= 15 is 0 Å². The van der Waals surface area contributed by atoms with Crippen molar-refractivity contribution in [2.24, 2.45) is 0 Å². The van der Waals surface area contributed by atoms with Gasteiger partial charge >= 0.3 is 4.87 Å². The Hall–Kier alpha value is -1.92. The third-order valence-electron chi connectivity index (χ3n) is 2.46. The smallest absolute Gasteiger partial charge is 0.305 e. The first-order valence-electron chi connectivity index (χ1n) is 5.02. The molecule has 0 amide bonds. The van der Waals surface area contributed by atoms with Crippen LogP contribution in [-0.4, -0.2) is 15.2 Å². The van der Waals surface area contributed by atoms with E-state index in [1.807, 2.05) is 6.07 Å².